The molecular weight excluding hydrogens is 216 g/mol. The van der Waals surface area contributed by atoms with Gasteiger partial charge in [-0.05, 0) is 67.6 Å². The van der Waals surface area contributed by atoms with E-state index in [1.54, 1.807) is 0 Å². The molecule has 2 rings (SSSR count). The van der Waals surface area contributed by atoms with Crippen molar-refractivity contribution in [1.29, 1.82) is 0 Å². The molecule has 0 unspecified atom stereocenters. The summed E-state index contributed by atoms with van der Waals surface area (Å²) in [4.78, 5) is 0. The smallest absolute Gasteiger partial charge is 0.0246 e. The van der Waals surface area contributed by atoms with E-state index in [1.807, 2.05) is 0 Å². The molecule has 0 atom stereocenters. The van der Waals surface area contributed by atoms with Gasteiger partial charge in [0.05, 0.1) is 0 Å². The van der Waals surface area contributed by atoms with Gasteiger partial charge in [-0.15, -0.1) is 0 Å². The Morgan fingerprint density at radius 1 is 0.778 bits per heavy atom. The van der Waals surface area contributed by atoms with Crippen LogP contribution in [-0.2, 0) is 0 Å². The molecule has 2 fully saturated rings. The predicted molar refractivity (Wildman–Crippen MR) is 80.6 cm³/mol. The Morgan fingerprint density at radius 3 is 1.78 bits per heavy atom. The Hall–Kier alpha value is 0. The van der Waals surface area contributed by atoms with Crippen LogP contribution in [0.1, 0.15) is 85.5 Å². The van der Waals surface area contributed by atoms with Gasteiger partial charge in [-0.1, -0.05) is 47.0 Å². The van der Waals surface area contributed by atoms with Gasteiger partial charge in [0.15, 0.2) is 0 Å². The summed E-state index contributed by atoms with van der Waals surface area (Å²) in [7, 11) is 0. The molecule has 2 aliphatic carbocycles. The second-order valence-corrected chi connectivity index (χ2v) is 7.80. The van der Waals surface area contributed by atoms with Crippen LogP contribution in [0, 0.1) is 29.1 Å². The number of hydrogen-bond donors (Lipinski definition) is 0. The molecule has 2 saturated carbocycles. The highest BCUT2D eigenvalue weighted by molar-refractivity contribution is 4.93. The first kappa shape index (κ1) is 14.4. The average Bonchev–Trinajstić information content (AvgIpc) is 2.39. The Bertz CT molecular complexity index is 237. The summed E-state index contributed by atoms with van der Waals surface area (Å²) in [6.45, 7) is 9.84. The van der Waals surface area contributed by atoms with Gasteiger partial charge in [0.2, 0.25) is 0 Å². The van der Waals surface area contributed by atoms with E-state index in [0.29, 0.717) is 0 Å². The molecule has 0 amide bonds. The van der Waals surface area contributed by atoms with Crippen LogP contribution in [0.25, 0.3) is 0 Å². The fraction of sp³-hybridized carbons (Fsp3) is 1.00. The van der Waals surface area contributed by atoms with E-state index in [4.69, 9.17) is 0 Å². The maximum Gasteiger partial charge on any atom is -0.0246 e. The first-order chi connectivity index (χ1) is 8.56. The SMILES string of the molecule is CC(C)C1CCC(C2(C(C)C)CCCCC2)CC1. The van der Waals surface area contributed by atoms with E-state index in [-0.39, 0.29) is 0 Å². The van der Waals surface area contributed by atoms with Gasteiger partial charge in [-0.3, -0.25) is 0 Å². The fourth-order valence-electron chi connectivity index (χ4n) is 5.03. The van der Waals surface area contributed by atoms with Gasteiger partial charge in [0, 0.05) is 0 Å². The zero-order valence-electron chi connectivity index (χ0n) is 13.2. The molecule has 0 radical (unpaired) electrons. The Morgan fingerprint density at radius 2 is 1.33 bits per heavy atom. The molecule has 0 aromatic heterocycles. The van der Waals surface area contributed by atoms with Crippen molar-refractivity contribution in [2.75, 3.05) is 0 Å². The van der Waals surface area contributed by atoms with E-state index in [2.05, 4.69) is 27.7 Å². The largest absolute Gasteiger partial charge is 0.0625 e. The fourth-order valence-corrected chi connectivity index (χ4v) is 5.03. The lowest BCUT2D eigenvalue weighted by molar-refractivity contribution is 0.00634. The van der Waals surface area contributed by atoms with Gasteiger partial charge in [0.25, 0.3) is 0 Å². The minimum Gasteiger partial charge on any atom is -0.0625 e. The van der Waals surface area contributed by atoms with Crippen molar-refractivity contribution in [2.45, 2.75) is 85.5 Å². The van der Waals surface area contributed by atoms with Gasteiger partial charge in [0.1, 0.15) is 0 Å². The average molecular weight is 250 g/mol. The summed E-state index contributed by atoms with van der Waals surface area (Å²) < 4.78 is 0. The monoisotopic (exact) mass is 250 g/mol. The Labute approximate surface area is 115 Å². The quantitative estimate of drug-likeness (QED) is 0.571. The van der Waals surface area contributed by atoms with Crippen molar-refractivity contribution in [3.63, 3.8) is 0 Å². The summed E-state index contributed by atoms with van der Waals surface area (Å²) >= 11 is 0. The highest BCUT2D eigenvalue weighted by Crippen LogP contribution is 2.53. The molecule has 0 nitrogen and oxygen atoms in total. The first-order valence-corrected chi connectivity index (χ1v) is 8.56. The third kappa shape index (κ3) is 2.78. The maximum atomic E-state index is 2.50. The van der Waals surface area contributed by atoms with Crippen molar-refractivity contribution in [2.24, 2.45) is 29.1 Å². The minimum atomic E-state index is 0.722. The second-order valence-electron chi connectivity index (χ2n) is 7.80. The van der Waals surface area contributed by atoms with Gasteiger partial charge in [-0.2, -0.15) is 0 Å². The molecule has 0 spiro atoms. The molecule has 2 aliphatic rings. The summed E-state index contributed by atoms with van der Waals surface area (Å²) in [5.74, 6) is 3.88. The first-order valence-electron chi connectivity index (χ1n) is 8.56. The maximum absolute atomic E-state index is 2.50. The second kappa shape index (κ2) is 5.97. The molecule has 0 heteroatoms. The zero-order valence-corrected chi connectivity index (χ0v) is 13.2. The molecule has 0 bridgehead atoms. The molecule has 0 saturated heterocycles. The van der Waals surface area contributed by atoms with Gasteiger partial charge < -0.3 is 0 Å². The van der Waals surface area contributed by atoms with Crippen molar-refractivity contribution in [1.82, 2.24) is 0 Å². The van der Waals surface area contributed by atoms with Crippen molar-refractivity contribution >= 4 is 0 Å². The predicted octanol–water partition coefficient (Wildman–Crippen LogP) is 6.06. The molecule has 0 N–H and O–H groups in total. The van der Waals surface area contributed by atoms with E-state index >= 15 is 0 Å². The van der Waals surface area contributed by atoms with Gasteiger partial charge >= 0.3 is 0 Å². The molecule has 0 aromatic carbocycles. The van der Waals surface area contributed by atoms with Crippen LogP contribution in [0.5, 0.6) is 0 Å². The van der Waals surface area contributed by atoms with Crippen LogP contribution >= 0.6 is 0 Å². The van der Waals surface area contributed by atoms with E-state index in [1.165, 1.54) is 57.8 Å². The van der Waals surface area contributed by atoms with Crippen LogP contribution in [0.3, 0.4) is 0 Å². The summed E-state index contributed by atoms with van der Waals surface area (Å²) in [5.41, 5.74) is 0.722. The summed E-state index contributed by atoms with van der Waals surface area (Å²) in [6.07, 6.45) is 13.6. The Kier molecular flexibility index (Phi) is 4.78. The number of rotatable bonds is 3. The van der Waals surface area contributed by atoms with Gasteiger partial charge in [-0.25, -0.2) is 0 Å². The summed E-state index contributed by atoms with van der Waals surface area (Å²) in [5, 5.41) is 0. The van der Waals surface area contributed by atoms with Crippen LogP contribution in [-0.4, -0.2) is 0 Å². The highest BCUT2D eigenvalue weighted by atomic mass is 14.5. The lowest BCUT2D eigenvalue weighted by Crippen LogP contribution is -2.40. The normalized spacial score (nSPS) is 33.0. The van der Waals surface area contributed by atoms with E-state index in [0.717, 1.165) is 29.1 Å². The van der Waals surface area contributed by atoms with Crippen LogP contribution in [0.2, 0.25) is 0 Å². The molecule has 18 heavy (non-hydrogen) atoms. The minimum absolute atomic E-state index is 0.722. The zero-order chi connectivity index (χ0) is 13.2. The molecule has 0 aromatic rings. The third-order valence-corrected chi connectivity index (χ3v) is 6.46. The van der Waals surface area contributed by atoms with Crippen molar-refractivity contribution in [3.05, 3.63) is 0 Å². The van der Waals surface area contributed by atoms with Crippen molar-refractivity contribution < 1.29 is 0 Å². The summed E-state index contributed by atoms with van der Waals surface area (Å²) in [6, 6.07) is 0. The molecular formula is C18H34. The van der Waals surface area contributed by atoms with Crippen LogP contribution in [0.4, 0.5) is 0 Å². The number of hydrogen-bond acceptors (Lipinski definition) is 0. The molecule has 0 aliphatic heterocycles. The highest BCUT2D eigenvalue weighted by Gasteiger charge is 2.43. The van der Waals surface area contributed by atoms with E-state index < -0.39 is 0 Å². The van der Waals surface area contributed by atoms with Crippen LogP contribution in [0.15, 0.2) is 0 Å². The van der Waals surface area contributed by atoms with Crippen LogP contribution < -0.4 is 0 Å². The standard InChI is InChI=1S/C18H34/c1-14(2)16-8-10-17(11-9-16)18(15(3)4)12-6-5-7-13-18/h14-17H,5-13H2,1-4H3. The molecule has 106 valence electrons. The third-order valence-electron chi connectivity index (χ3n) is 6.46. The lowest BCUT2D eigenvalue weighted by Gasteiger charge is -2.50. The van der Waals surface area contributed by atoms with E-state index in [9.17, 15) is 0 Å². The lowest BCUT2D eigenvalue weighted by atomic mass is 9.55. The topological polar surface area (TPSA) is 0 Å². The molecule has 0 heterocycles. The Balaban J connectivity index is 2.00. The van der Waals surface area contributed by atoms with Crippen molar-refractivity contribution in [3.8, 4) is 0 Å².